The number of urea groups is 1. The number of morpholine rings is 1. The molecule has 2 amide bonds. The van der Waals surface area contributed by atoms with Gasteiger partial charge < -0.3 is 20.1 Å². The summed E-state index contributed by atoms with van der Waals surface area (Å²) in [4.78, 5) is 28.1. The standard InChI is InChI=1S/C26H32N6O5S2/c1-18-17-37-13-11-32(18)22-16-21(26(8-2-9-26)39(35,36)15-3-12-33)29-23(30-22)19-4-6-20(7-5-19)28-24(34)31-25-27-10-14-38-25/h4-7,10,14,16,18,33H,2-3,8-9,11-13,15,17H2,1H3,(H2,27,28,31,34)/t18-/m0/s1. The van der Waals surface area contributed by atoms with Crippen LogP contribution < -0.4 is 15.5 Å². The predicted molar refractivity (Wildman–Crippen MR) is 151 cm³/mol. The predicted octanol–water partition coefficient (Wildman–Crippen LogP) is 3.65. The van der Waals surface area contributed by atoms with Gasteiger partial charge in [0.25, 0.3) is 0 Å². The van der Waals surface area contributed by atoms with Crippen LogP contribution in [0, 0.1) is 0 Å². The van der Waals surface area contributed by atoms with Gasteiger partial charge in [-0.15, -0.1) is 11.3 Å². The van der Waals surface area contributed by atoms with Crippen molar-refractivity contribution in [1.82, 2.24) is 15.0 Å². The minimum absolute atomic E-state index is 0.0700. The minimum atomic E-state index is -3.55. The van der Waals surface area contributed by atoms with E-state index in [-0.39, 0.29) is 24.8 Å². The topological polar surface area (TPSA) is 147 Å². The lowest BCUT2D eigenvalue weighted by Crippen LogP contribution is -2.46. The second-order valence-corrected chi connectivity index (χ2v) is 13.1. The van der Waals surface area contributed by atoms with Gasteiger partial charge in [-0.1, -0.05) is 0 Å². The molecule has 0 unspecified atom stereocenters. The number of hydrogen-bond acceptors (Lipinski definition) is 10. The Balaban J connectivity index is 1.48. The smallest absolute Gasteiger partial charge is 0.325 e. The number of carbonyl (C=O) groups excluding carboxylic acids is 1. The maximum atomic E-state index is 13.5. The highest BCUT2D eigenvalue weighted by Gasteiger charge is 2.51. The molecular formula is C26H32N6O5S2. The number of aromatic nitrogens is 3. The van der Waals surface area contributed by atoms with E-state index < -0.39 is 20.6 Å². The first kappa shape index (κ1) is 27.4. The third-order valence-corrected chi connectivity index (χ3v) is 10.5. The molecule has 3 N–H and O–H groups in total. The number of rotatable bonds is 9. The minimum Gasteiger partial charge on any atom is -0.396 e. The SMILES string of the molecule is C[C@H]1COCCN1c1cc(C2(S(=O)(=O)CCCO)CCC2)nc(-c2ccc(NC(=O)Nc3nccs3)cc2)n1. The number of nitrogens with one attached hydrogen (secondary N) is 2. The van der Waals surface area contributed by atoms with Gasteiger partial charge in [0.05, 0.1) is 30.7 Å². The number of nitrogens with zero attached hydrogens (tertiary/aromatic N) is 4. The fourth-order valence-corrected chi connectivity index (χ4v) is 7.69. The van der Waals surface area contributed by atoms with Crippen molar-refractivity contribution < 1.29 is 23.1 Å². The van der Waals surface area contributed by atoms with Crippen molar-refractivity contribution in [1.29, 1.82) is 0 Å². The van der Waals surface area contributed by atoms with Crippen molar-refractivity contribution in [2.24, 2.45) is 0 Å². The van der Waals surface area contributed by atoms with Gasteiger partial charge in [0.2, 0.25) is 0 Å². The second kappa shape index (κ2) is 11.5. The summed E-state index contributed by atoms with van der Waals surface area (Å²) in [5.41, 5.74) is 1.77. The van der Waals surface area contributed by atoms with Gasteiger partial charge in [0.15, 0.2) is 20.8 Å². The van der Waals surface area contributed by atoms with Crippen molar-refractivity contribution in [2.75, 3.05) is 47.7 Å². The van der Waals surface area contributed by atoms with Gasteiger partial charge in [0.1, 0.15) is 10.6 Å². The van der Waals surface area contributed by atoms with Crippen LogP contribution >= 0.6 is 11.3 Å². The molecule has 1 saturated carbocycles. The van der Waals surface area contributed by atoms with Crippen molar-refractivity contribution in [3.8, 4) is 11.4 Å². The van der Waals surface area contributed by atoms with E-state index in [9.17, 15) is 18.3 Å². The fourth-order valence-electron chi connectivity index (χ4n) is 4.93. The molecule has 39 heavy (non-hydrogen) atoms. The number of aliphatic hydroxyl groups excluding tert-OH is 1. The van der Waals surface area contributed by atoms with Crippen LogP contribution in [-0.2, 0) is 19.3 Å². The number of hydrogen-bond donors (Lipinski definition) is 3. The summed E-state index contributed by atoms with van der Waals surface area (Å²) in [6, 6.07) is 8.60. The molecule has 208 valence electrons. The lowest BCUT2D eigenvalue weighted by atomic mass is 9.81. The Morgan fingerprint density at radius 2 is 2.03 bits per heavy atom. The number of thiazole rings is 1. The van der Waals surface area contributed by atoms with Gasteiger partial charge >= 0.3 is 6.03 Å². The van der Waals surface area contributed by atoms with Gasteiger partial charge in [-0.3, -0.25) is 5.32 Å². The van der Waals surface area contributed by atoms with Crippen LogP contribution in [0.4, 0.5) is 21.4 Å². The Kier molecular flexibility index (Phi) is 8.12. The Hall–Kier alpha value is -3.13. The van der Waals surface area contributed by atoms with Crippen molar-refractivity contribution in [2.45, 2.75) is 43.4 Å². The van der Waals surface area contributed by atoms with Gasteiger partial charge in [0, 0.05) is 42.0 Å². The third-order valence-electron chi connectivity index (χ3n) is 7.22. The van der Waals surface area contributed by atoms with Crippen molar-refractivity contribution >= 4 is 43.8 Å². The summed E-state index contributed by atoms with van der Waals surface area (Å²) in [7, 11) is -3.55. The average Bonchev–Trinajstić information content (AvgIpc) is 3.40. The average molecular weight is 573 g/mol. The number of benzene rings is 1. The summed E-state index contributed by atoms with van der Waals surface area (Å²) in [5.74, 6) is 0.998. The number of aliphatic hydroxyl groups is 1. The number of carbonyl (C=O) groups is 1. The molecule has 1 saturated heterocycles. The van der Waals surface area contributed by atoms with E-state index in [1.165, 1.54) is 11.3 Å². The third kappa shape index (κ3) is 5.76. The monoisotopic (exact) mass is 572 g/mol. The van der Waals surface area contributed by atoms with Crippen LogP contribution in [0.5, 0.6) is 0 Å². The zero-order chi connectivity index (χ0) is 27.5. The summed E-state index contributed by atoms with van der Waals surface area (Å²) in [5, 5.41) is 17.0. The normalized spacial score (nSPS) is 18.8. The van der Waals surface area contributed by atoms with E-state index in [0.29, 0.717) is 66.3 Å². The Morgan fingerprint density at radius 1 is 1.23 bits per heavy atom. The molecule has 0 radical (unpaired) electrons. The molecule has 2 aromatic heterocycles. The second-order valence-electron chi connectivity index (χ2n) is 9.79. The van der Waals surface area contributed by atoms with Crippen LogP contribution in [-0.4, -0.2) is 72.7 Å². The molecule has 11 nitrogen and oxygen atoms in total. The molecule has 1 aliphatic carbocycles. The van der Waals surface area contributed by atoms with Crippen LogP contribution in [0.25, 0.3) is 11.4 Å². The highest BCUT2D eigenvalue weighted by Crippen LogP contribution is 2.49. The Morgan fingerprint density at radius 3 is 2.67 bits per heavy atom. The fraction of sp³-hybridized carbons (Fsp3) is 0.462. The van der Waals surface area contributed by atoms with Crippen molar-refractivity contribution in [3.05, 3.63) is 47.6 Å². The molecular weight excluding hydrogens is 540 g/mol. The zero-order valence-electron chi connectivity index (χ0n) is 21.7. The van der Waals surface area contributed by atoms with Crippen molar-refractivity contribution in [3.63, 3.8) is 0 Å². The number of anilines is 3. The summed E-state index contributed by atoms with van der Waals surface area (Å²) >= 11 is 1.32. The summed E-state index contributed by atoms with van der Waals surface area (Å²) < 4.78 is 31.5. The first-order valence-electron chi connectivity index (χ1n) is 13.0. The highest BCUT2D eigenvalue weighted by atomic mass is 32.2. The molecule has 2 fully saturated rings. The van der Waals surface area contributed by atoms with E-state index in [1.807, 2.05) is 6.07 Å². The van der Waals surface area contributed by atoms with Gasteiger partial charge in [-0.25, -0.2) is 28.2 Å². The van der Waals surface area contributed by atoms with Gasteiger partial charge in [-0.2, -0.15) is 0 Å². The maximum Gasteiger partial charge on any atom is 0.325 e. The Labute approximate surface area is 231 Å². The number of amides is 2. The first-order chi connectivity index (χ1) is 18.8. The van der Waals surface area contributed by atoms with Crippen LogP contribution in [0.15, 0.2) is 41.9 Å². The zero-order valence-corrected chi connectivity index (χ0v) is 23.3. The summed E-state index contributed by atoms with van der Waals surface area (Å²) in [6.45, 7) is 3.62. The Bertz CT molecular complexity index is 1390. The molecule has 0 bridgehead atoms. The lowest BCUT2D eigenvalue weighted by Gasteiger charge is -2.41. The largest absolute Gasteiger partial charge is 0.396 e. The van der Waals surface area contributed by atoms with Crippen LogP contribution in [0.3, 0.4) is 0 Å². The van der Waals surface area contributed by atoms with E-state index in [2.05, 4.69) is 27.4 Å². The molecule has 3 heterocycles. The number of sulfone groups is 1. The summed E-state index contributed by atoms with van der Waals surface area (Å²) in [6.07, 6.45) is 3.59. The molecule has 0 spiro atoms. The number of ether oxygens (including phenoxy) is 1. The first-order valence-corrected chi connectivity index (χ1v) is 15.5. The molecule has 5 rings (SSSR count). The molecule has 1 aromatic carbocycles. The lowest BCUT2D eigenvalue weighted by molar-refractivity contribution is 0.0985. The molecule has 13 heteroatoms. The van der Waals surface area contributed by atoms with Crippen LogP contribution in [0.1, 0.15) is 38.3 Å². The molecule has 1 atom stereocenters. The molecule has 1 aliphatic heterocycles. The van der Waals surface area contributed by atoms with Gasteiger partial charge in [-0.05, 0) is 56.9 Å². The molecule has 2 aliphatic rings. The quantitative estimate of drug-likeness (QED) is 0.350. The van der Waals surface area contributed by atoms with E-state index >= 15 is 0 Å². The van der Waals surface area contributed by atoms with Crippen LogP contribution in [0.2, 0.25) is 0 Å². The van der Waals surface area contributed by atoms with E-state index in [0.717, 1.165) is 6.42 Å². The maximum absolute atomic E-state index is 13.5. The highest BCUT2D eigenvalue weighted by molar-refractivity contribution is 7.92. The van der Waals surface area contributed by atoms with E-state index in [4.69, 9.17) is 14.7 Å². The molecule has 3 aromatic rings. The van der Waals surface area contributed by atoms with E-state index in [1.54, 1.807) is 35.8 Å².